The van der Waals surface area contributed by atoms with E-state index in [9.17, 15) is 4.79 Å². The number of benzene rings is 2. The highest BCUT2D eigenvalue weighted by Gasteiger charge is 2.13. The van der Waals surface area contributed by atoms with E-state index in [-0.39, 0.29) is 24.2 Å². The maximum Gasteiger partial charge on any atom is 0.357 e. The predicted octanol–water partition coefficient (Wildman–Crippen LogP) is 5.50. The molecule has 2 N–H and O–H groups in total. The molecule has 1 unspecified atom stereocenters. The van der Waals surface area contributed by atoms with Gasteiger partial charge in [-0.15, -0.1) is 11.3 Å². The summed E-state index contributed by atoms with van der Waals surface area (Å²) < 4.78 is 12.0. The Bertz CT molecular complexity index is 1510. The second-order valence-corrected chi connectivity index (χ2v) is 8.77. The van der Waals surface area contributed by atoms with Crippen molar-refractivity contribution in [2.24, 2.45) is 0 Å². The Labute approximate surface area is 204 Å². The number of nitrogens with zero attached hydrogens (tertiary/aromatic N) is 4. The lowest BCUT2D eigenvalue weighted by atomic mass is 10.1. The average molecular weight is 488 g/mol. The Morgan fingerprint density at radius 1 is 1.17 bits per heavy atom. The first kappa shape index (κ1) is 22.5. The van der Waals surface area contributed by atoms with Crippen molar-refractivity contribution in [1.29, 1.82) is 0 Å². The molecule has 0 radical (unpaired) electrons. The van der Waals surface area contributed by atoms with Gasteiger partial charge in [0.25, 0.3) is 0 Å². The molecule has 0 spiro atoms. The molecule has 0 fully saturated rings. The Morgan fingerprint density at radius 2 is 2.06 bits per heavy atom. The summed E-state index contributed by atoms with van der Waals surface area (Å²) in [5.74, 6) is 1.05. The first-order valence-electron chi connectivity index (χ1n) is 10.8. The highest BCUT2D eigenvalue weighted by atomic mass is 32.1. The van der Waals surface area contributed by atoms with Gasteiger partial charge in [0.2, 0.25) is 5.89 Å². The molecule has 2 aromatic carbocycles. The van der Waals surface area contributed by atoms with Crippen molar-refractivity contribution in [1.82, 2.24) is 19.9 Å². The third kappa shape index (κ3) is 5.12. The van der Waals surface area contributed by atoms with Crippen LogP contribution in [-0.4, -0.2) is 31.0 Å². The van der Waals surface area contributed by atoms with E-state index in [0.29, 0.717) is 11.6 Å². The van der Waals surface area contributed by atoms with E-state index in [4.69, 9.17) is 14.3 Å². The number of oxazole rings is 1. The normalized spacial score (nSPS) is 11.9. The topological polar surface area (TPSA) is 123 Å². The van der Waals surface area contributed by atoms with Gasteiger partial charge in [-0.3, -0.25) is 0 Å². The first-order chi connectivity index (χ1) is 16.9. The lowest BCUT2D eigenvalue weighted by Gasteiger charge is -2.17. The number of ether oxygens (including phenoxy) is 1. The summed E-state index contributed by atoms with van der Waals surface area (Å²) in [6.07, 6.45) is 1.09. The van der Waals surface area contributed by atoms with Gasteiger partial charge in [-0.1, -0.05) is 18.2 Å². The van der Waals surface area contributed by atoms with Crippen molar-refractivity contribution in [2.45, 2.75) is 26.5 Å². The molecule has 9 nitrogen and oxygen atoms in total. The van der Waals surface area contributed by atoms with E-state index >= 15 is 0 Å². The van der Waals surface area contributed by atoms with Crippen LogP contribution in [0.2, 0.25) is 0 Å². The standard InChI is InChI=1S/C25H21N5O4S/c1-14(16-4-3-5-18(8-16)33-12-24-30-21(11-34-24)25(31)32)27-23-10-20(28-15(2)29-23)17-6-7-19-22(9-17)35-13-26-19/h3-11,13-14H,12H2,1-2H3,(H,31,32)(H,27,28,29). The summed E-state index contributed by atoms with van der Waals surface area (Å²) >= 11 is 1.60. The van der Waals surface area contributed by atoms with Gasteiger partial charge < -0.3 is 19.6 Å². The maximum atomic E-state index is 10.9. The second-order valence-electron chi connectivity index (χ2n) is 7.88. The first-order valence-corrected chi connectivity index (χ1v) is 11.7. The fourth-order valence-electron chi connectivity index (χ4n) is 3.60. The van der Waals surface area contributed by atoms with Crippen molar-refractivity contribution in [3.63, 3.8) is 0 Å². The van der Waals surface area contributed by atoms with Gasteiger partial charge in [0.1, 0.15) is 23.7 Å². The smallest absolute Gasteiger partial charge is 0.357 e. The summed E-state index contributed by atoms with van der Waals surface area (Å²) in [5, 5.41) is 12.4. The molecule has 3 heterocycles. The number of aromatic nitrogens is 4. The maximum absolute atomic E-state index is 10.9. The molecular weight excluding hydrogens is 466 g/mol. The average Bonchev–Trinajstić information content (AvgIpc) is 3.52. The molecule has 0 aliphatic carbocycles. The molecule has 1 atom stereocenters. The number of aryl methyl sites for hydroxylation is 1. The summed E-state index contributed by atoms with van der Waals surface area (Å²) in [6.45, 7) is 3.93. The van der Waals surface area contributed by atoms with E-state index in [0.717, 1.165) is 39.1 Å². The number of aromatic carboxylic acids is 1. The van der Waals surface area contributed by atoms with Crippen LogP contribution in [0.15, 0.2) is 64.7 Å². The summed E-state index contributed by atoms with van der Waals surface area (Å²) in [6, 6.07) is 15.6. The quantitative estimate of drug-likeness (QED) is 0.292. The van der Waals surface area contributed by atoms with Crippen LogP contribution in [0.3, 0.4) is 0 Å². The number of hydrogen-bond donors (Lipinski definition) is 2. The van der Waals surface area contributed by atoms with Crippen LogP contribution in [-0.2, 0) is 6.61 Å². The molecule has 0 saturated carbocycles. The van der Waals surface area contributed by atoms with Gasteiger partial charge in [-0.2, -0.15) is 0 Å². The van der Waals surface area contributed by atoms with Crippen LogP contribution < -0.4 is 10.1 Å². The highest BCUT2D eigenvalue weighted by molar-refractivity contribution is 7.16. The van der Waals surface area contributed by atoms with Crippen molar-refractivity contribution in [3.05, 3.63) is 83.3 Å². The van der Waals surface area contributed by atoms with Crippen LogP contribution in [0.5, 0.6) is 5.75 Å². The minimum atomic E-state index is -1.14. The van der Waals surface area contributed by atoms with E-state index < -0.39 is 5.97 Å². The number of thiazole rings is 1. The van der Waals surface area contributed by atoms with E-state index in [1.54, 1.807) is 11.3 Å². The molecule has 0 saturated heterocycles. The Kier molecular flexibility index (Phi) is 6.11. The summed E-state index contributed by atoms with van der Waals surface area (Å²) in [5.41, 5.74) is 5.50. The third-order valence-electron chi connectivity index (χ3n) is 5.32. The molecule has 10 heteroatoms. The molecule has 0 aliphatic rings. The SMILES string of the molecule is Cc1nc(NC(C)c2cccc(OCc3nc(C(=O)O)co3)c2)cc(-c2ccc3ncsc3c2)n1. The Balaban J connectivity index is 1.30. The number of carboxylic acid groups (broad SMARTS) is 1. The monoisotopic (exact) mass is 487 g/mol. The largest absolute Gasteiger partial charge is 0.484 e. The molecule has 176 valence electrons. The van der Waals surface area contributed by atoms with Gasteiger partial charge in [0.05, 0.1) is 27.5 Å². The fourth-order valence-corrected chi connectivity index (χ4v) is 4.32. The molecule has 0 bridgehead atoms. The molecule has 35 heavy (non-hydrogen) atoms. The van der Waals surface area contributed by atoms with Crippen LogP contribution in [0.4, 0.5) is 5.82 Å². The zero-order valence-electron chi connectivity index (χ0n) is 18.9. The number of carboxylic acids is 1. The van der Waals surface area contributed by atoms with Crippen molar-refractivity contribution >= 4 is 33.3 Å². The molecule has 0 aliphatic heterocycles. The Hall–Kier alpha value is -4.31. The van der Waals surface area contributed by atoms with Gasteiger partial charge in [0, 0.05) is 11.6 Å². The van der Waals surface area contributed by atoms with E-state index in [2.05, 4.69) is 31.3 Å². The minimum absolute atomic E-state index is 0.0249. The molecule has 3 aromatic heterocycles. The number of hydrogen-bond acceptors (Lipinski definition) is 9. The Morgan fingerprint density at radius 3 is 2.89 bits per heavy atom. The summed E-state index contributed by atoms with van der Waals surface area (Å²) in [7, 11) is 0. The van der Waals surface area contributed by atoms with Gasteiger partial charge in [-0.05, 0) is 43.7 Å². The molecular formula is C25H21N5O4S. The van der Waals surface area contributed by atoms with Crippen LogP contribution in [0.1, 0.15) is 40.7 Å². The number of rotatable bonds is 8. The lowest BCUT2D eigenvalue weighted by molar-refractivity contribution is 0.0690. The highest BCUT2D eigenvalue weighted by Crippen LogP contribution is 2.28. The minimum Gasteiger partial charge on any atom is -0.484 e. The van der Waals surface area contributed by atoms with Gasteiger partial charge in [-0.25, -0.2) is 24.7 Å². The van der Waals surface area contributed by atoms with Crippen molar-refractivity contribution in [2.75, 3.05) is 5.32 Å². The molecule has 0 amide bonds. The molecule has 5 rings (SSSR count). The number of nitrogens with one attached hydrogen (secondary N) is 1. The van der Waals surface area contributed by atoms with Crippen LogP contribution in [0.25, 0.3) is 21.5 Å². The number of carbonyl (C=O) groups is 1. The zero-order valence-corrected chi connectivity index (χ0v) is 19.7. The summed E-state index contributed by atoms with van der Waals surface area (Å²) in [4.78, 5) is 28.3. The lowest BCUT2D eigenvalue weighted by Crippen LogP contribution is -2.09. The van der Waals surface area contributed by atoms with Gasteiger partial charge in [0.15, 0.2) is 12.3 Å². The van der Waals surface area contributed by atoms with E-state index in [1.165, 1.54) is 0 Å². The zero-order chi connectivity index (χ0) is 24.4. The van der Waals surface area contributed by atoms with Crippen molar-refractivity contribution < 1.29 is 19.1 Å². The predicted molar refractivity (Wildman–Crippen MR) is 132 cm³/mol. The van der Waals surface area contributed by atoms with E-state index in [1.807, 2.05) is 61.8 Å². The fraction of sp³-hybridized carbons (Fsp3) is 0.160. The van der Waals surface area contributed by atoms with Crippen LogP contribution >= 0.6 is 11.3 Å². The number of anilines is 1. The van der Waals surface area contributed by atoms with Crippen molar-refractivity contribution in [3.8, 4) is 17.0 Å². The van der Waals surface area contributed by atoms with Crippen LogP contribution in [0, 0.1) is 6.92 Å². The third-order valence-corrected chi connectivity index (χ3v) is 6.11. The number of fused-ring (bicyclic) bond motifs is 1. The molecule has 5 aromatic rings. The van der Waals surface area contributed by atoms with Gasteiger partial charge >= 0.3 is 5.97 Å². The second kappa shape index (κ2) is 9.51.